The number of carboxylic acids is 1. The zero-order chi connectivity index (χ0) is 22.2. The van der Waals surface area contributed by atoms with Gasteiger partial charge < -0.3 is 14.7 Å². The molecular weight excluding hydrogens is 409 g/mol. The lowest BCUT2D eigenvalue weighted by Gasteiger charge is -2.19. The van der Waals surface area contributed by atoms with Gasteiger partial charge in [0, 0.05) is 24.9 Å². The number of aliphatic carboxylic acids is 1. The summed E-state index contributed by atoms with van der Waals surface area (Å²) in [5.41, 5.74) is 5.24. The fourth-order valence-electron chi connectivity index (χ4n) is 4.94. The van der Waals surface area contributed by atoms with Gasteiger partial charge in [0.25, 0.3) is 0 Å². The highest BCUT2D eigenvalue weighted by Gasteiger charge is 2.41. The minimum atomic E-state index is -0.978. The van der Waals surface area contributed by atoms with Gasteiger partial charge in [0.15, 0.2) is 0 Å². The van der Waals surface area contributed by atoms with E-state index in [4.69, 9.17) is 4.74 Å². The number of hydrogen-bond acceptors (Lipinski definition) is 3. The van der Waals surface area contributed by atoms with Crippen molar-refractivity contribution in [1.29, 1.82) is 0 Å². The molecule has 1 saturated heterocycles. The maximum absolute atomic E-state index is 13.3. The van der Waals surface area contributed by atoms with Crippen LogP contribution in [0.3, 0.4) is 0 Å². The first-order valence-corrected chi connectivity index (χ1v) is 10.6. The van der Waals surface area contributed by atoms with Gasteiger partial charge in [-0.25, -0.2) is 9.18 Å². The third-order valence-electron chi connectivity index (χ3n) is 6.53. The molecular formula is C26H22FNO4. The molecule has 2 aliphatic rings. The summed E-state index contributed by atoms with van der Waals surface area (Å²) in [7, 11) is 0. The van der Waals surface area contributed by atoms with Crippen LogP contribution in [0.2, 0.25) is 0 Å². The Balaban J connectivity index is 1.32. The van der Waals surface area contributed by atoms with Crippen LogP contribution in [0.4, 0.5) is 9.18 Å². The highest BCUT2D eigenvalue weighted by Crippen LogP contribution is 2.44. The smallest absolute Gasteiger partial charge is 0.409 e. The minimum absolute atomic E-state index is 0.0582. The van der Waals surface area contributed by atoms with Gasteiger partial charge in [-0.2, -0.15) is 0 Å². The Kier molecular flexibility index (Phi) is 5.13. The van der Waals surface area contributed by atoms with E-state index in [0.717, 1.165) is 22.3 Å². The van der Waals surface area contributed by atoms with E-state index in [1.807, 2.05) is 24.3 Å². The monoisotopic (exact) mass is 431 g/mol. The molecule has 5 nitrogen and oxygen atoms in total. The Morgan fingerprint density at radius 1 is 0.906 bits per heavy atom. The van der Waals surface area contributed by atoms with Crippen LogP contribution in [0.25, 0.3) is 11.1 Å². The molecule has 0 spiro atoms. The van der Waals surface area contributed by atoms with Crippen LogP contribution in [0, 0.1) is 11.7 Å². The van der Waals surface area contributed by atoms with Gasteiger partial charge in [-0.1, -0.05) is 60.7 Å². The third kappa shape index (κ3) is 3.51. The summed E-state index contributed by atoms with van der Waals surface area (Å²) in [5.74, 6) is -2.59. The molecule has 3 aromatic carbocycles. The maximum atomic E-state index is 13.3. The zero-order valence-corrected chi connectivity index (χ0v) is 17.3. The van der Waals surface area contributed by atoms with Crippen LogP contribution in [-0.4, -0.2) is 41.8 Å². The summed E-state index contributed by atoms with van der Waals surface area (Å²) >= 11 is 0. The first-order valence-electron chi connectivity index (χ1n) is 10.6. The highest BCUT2D eigenvalue weighted by molar-refractivity contribution is 5.79. The van der Waals surface area contributed by atoms with E-state index in [-0.39, 0.29) is 31.4 Å². The molecule has 162 valence electrons. The Bertz CT molecular complexity index is 1130. The number of nitrogens with zero attached hydrogens (tertiary/aromatic N) is 1. The minimum Gasteiger partial charge on any atom is -0.481 e. The van der Waals surface area contributed by atoms with Crippen molar-refractivity contribution in [3.8, 4) is 11.1 Å². The first kappa shape index (κ1) is 20.2. The number of fused-ring (bicyclic) bond motifs is 3. The molecule has 0 unspecified atom stereocenters. The van der Waals surface area contributed by atoms with Crippen molar-refractivity contribution in [1.82, 2.24) is 4.90 Å². The van der Waals surface area contributed by atoms with Gasteiger partial charge in [-0.15, -0.1) is 0 Å². The Morgan fingerprint density at radius 3 is 2.09 bits per heavy atom. The lowest BCUT2D eigenvalue weighted by atomic mass is 9.89. The molecule has 0 radical (unpaired) electrons. The SMILES string of the molecule is O=C(O)[C@@H]1CN(C(=O)OCC2c3ccccc3-c3ccccc32)C[C@H]1c1ccc(F)cc1. The molecule has 5 rings (SSSR count). The Labute approximate surface area is 185 Å². The second kappa shape index (κ2) is 8.11. The van der Waals surface area contributed by atoms with Gasteiger partial charge in [0.1, 0.15) is 12.4 Å². The van der Waals surface area contributed by atoms with E-state index in [1.54, 1.807) is 12.1 Å². The quantitative estimate of drug-likeness (QED) is 0.640. The van der Waals surface area contributed by atoms with Crippen LogP contribution < -0.4 is 0 Å². The van der Waals surface area contributed by atoms with Gasteiger partial charge in [0.05, 0.1) is 5.92 Å². The van der Waals surface area contributed by atoms with Crippen molar-refractivity contribution in [3.05, 3.63) is 95.3 Å². The lowest BCUT2D eigenvalue weighted by Crippen LogP contribution is -2.31. The topological polar surface area (TPSA) is 66.8 Å². The van der Waals surface area contributed by atoms with Gasteiger partial charge in [-0.3, -0.25) is 4.79 Å². The summed E-state index contributed by atoms with van der Waals surface area (Å²) < 4.78 is 19.0. The molecule has 1 fully saturated rings. The second-order valence-corrected chi connectivity index (χ2v) is 8.31. The van der Waals surface area contributed by atoms with E-state index in [9.17, 15) is 19.1 Å². The first-order chi connectivity index (χ1) is 15.5. The van der Waals surface area contributed by atoms with Crippen molar-refractivity contribution in [2.24, 2.45) is 5.92 Å². The Morgan fingerprint density at radius 2 is 1.50 bits per heavy atom. The van der Waals surface area contributed by atoms with Crippen molar-refractivity contribution in [3.63, 3.8) is 0 Å². The third-order valence-corrected chi connectivity index (χ3v) is 6.53. The van der Waals surface area contributed by atoms with E-state index in [0.29, 0.717) is 5.56 Å². The largest absolute Gasteiger partial charge is 0.481 e. The number of ether oxygens (including phenoxy) is 1. The molecule has 2 atom stereocenters. The van der Waals surface area contributed by atoms with Crippen molar-refractivity contribution >= 4 is 12.1 Å². The number of hydrogen-bond donors (Lipinski definition) is 1. The van der Waals surface area contributed by atoms with Gasteiger partial charge >= 0.3 is 12.1 Å². The predicted molar refractivity (Wildman–Crippen MR) is 117 cm³/mol. The van der Waals surface area contributed by atoms with Gasteiger partial charge in [0.2, 0.25) is 0 Å². The van der Waals surface area contributed by atoms with Crippen LogP contribution in [0.1, 0.15) is 28.5 Å². The number of halogens is 1. The molecule has 3 aromatic rings. The van der Waals surface area contributed by atoms with E-state index in [1.165, 1.54) is 17.0 Å². The second-order valence-electron chi connectivity index (χ2n) is 8.31. The van der Waals surface area contributed by atoms with Crippen molar-refractivity contribution in [2.45, 2.75) is 11.8 Å². The lowest BCUT2D eigenvalue weighted by molar-refractivity contribution is -0.141. The fourth-order valence-corrected chi connectivity index (χ4v) is 4.94. The van der Waals surface area contributed by atoms with Crippen LogP contribution >= 0.6 is 0 Å². The molecule has 6 heteroatoms. The molecule has 1 aliphatic carbocycles. The number of carboxylic acid groups (broad SMARTS) is 1. The summed E-state index contributed by atoms with van der Waals surface area (Å²) in [6.45, 7) is 0.468. The number of benzene rings is 3. The Hall–Kier alpha value is -3.67. The molecule has 1 heterocycles. The number of amides is 1. The maximum Gasteiger partial charge on any atom is 0.409 e. The predicted octanol–water partition coefficient (Wildman–Crippen LogP) is 4.87. The molecule has 1 aliphatic heterocycles. The summed E-state index contributed by atoms with van der Waals surface area (Å²) in [6.07, 6.45) is -0.525. The average molecular weight is 431 g/mol. The molecule has 1 N–H and O–H groups in total. The molecule has 0 bridgehead atoms. The molecule has 0 aromatic heterocycles. The van der Waals surface area contributed by atoms with Gasteiger partial charge in [-0.05, 0) is 39.9 Å². The zero-order valence-electron chi connectivity index (χ0n) is 17.3. The summed E-state index contributed by atoms with van der Waals surface area (Å²) in [6, 6.07) is 22.0. The van der Waals surface area contributed by atoms with Crippen molar-refractivity contribution in [2.75, 3.05) is 19.7 Å². The fraction of sp³-hybridized carbons (Fsp3) is 0.231. The number of carbonyl (C=O) groups is 2. The van der Waals surface area contributed by atoms with E-state index < -0.39 is 23.9 Å². The molecule has 32 heavy (non-hydrogen) atoms. The van der Waals surface area contributed by atoms with E-state index in [2.05, 4.69) is 24.3 Å². The highest BCUT2D eigenvalue weighted by atomic mass is 19.1. The number of rotatable bonds is 4. The average Bonchev–Trinajstić information content (AvgIpc) is 3.39. The van der Waals surface area contributed by atoms with Crippen LogP contribution in [0.5, 0.6) is 0 Å². The van der Waals surface area contributed by atoms with Crippen LogP contribution in [0.15, 0.2) is 72.8 Å². The van der Waals surface area contributed by atoms with E-state index >= 15 is 0 Å². The summed E-state index contributed by atoms with van der Waals surface area (Å²) in [5, 5.41) is 9.67. The van der Waals surface area contributed by atoms with Crippen LogP contribution in [-0.2, 0) is 9.53 Å². The number of likely N-dealkylation sites (tertiary alicyclic amines) is 1. The normalized spacial score (nSPS) is 19.5. The standard InChI is InChI=1S/C26H22FNO4/c27-17-11-9-16(10-12-17)22-13-28(14-23(22)25(29)30)26(31)32-15-24-20-7-3-1-5-18(20)19-6-2-4-8-21(19)24/h1-12,22-24H,13-15H2,(H,29,30)/t22-,23+/m0/s1. The van der Waals surface area contributed by atoms with Crippen molar-refractivity contribution < 1.29 is 23.8 Å². The molecule has 1 amide bonds. The number of carbonyl (C=O) groups excluding carboxylic acids is 1. The summed E-state index contributed by atoms with van der Waals surface area (Å²) in [4.78, 5) is 26.1. The molecule has 0 saturated carbocycles.